The molecule has 2 aromatic rings. The maximum atomic E-state index is 13.0. The van der Waals surface area contributed by atoms with Crippen molar-refractivity contribution in [3.63, 3.8) is 0 Å². The molecule has 0 bridgehead atoms. The van der Waals surface area contributed by atoms with Crippen molar-refractivity contribution in [1.82, 2.24) is 0 Å². The van der Waals surface area contributed by atoms with Crippen LogP contribution in [0, 0.1) is 0 Å². The maximum absolute atomic E-state index is 13.0. The predicted octanol–water partition coefficient (Wildman–Crippen LogP) is 3.95. The molecule has 2 heterocycles. The summed E-state index contributed by atoms with van der Waals surface area (Å²) in [6, 6.07) is 8.33. The van der Waals surface area contributed by atoms with Crippen molar-refractivity contribution >= 4 is 32.9 Å². The third-order valence-corrected chi connectivity index (χ3v) is 6.45. The van der Waals surface area contributed by atoms with Crippen molar-refractivity contribution < 1.29 is 31.1 Å². The highest BCUT2D eigenvalue weighted by Gasteiger charge is 2.31. The molecule has 2 aliphatic rings. The van der Waals surface area contributed by atoms with Crippen LogP contribution in [0.15, 0.2) is 42.5 Å². The van der Waals surface area contributed by atoms with E-state index in [0.717, 1.165) is 12.1 Å². The summed E-state index contributed by atoms with van der Waals surface area (Å²) in [7, 11) is -3.38. The normalized spacial score (nSPS) is 19.0. The molecule has 0 saturated carbocycles. The number of carbonyl (C=O) groups excluding carboxylic acids is 1. The number of carbonyl (C=O) groups is 1. The minimum Gasteiger partial charge on any atom is -0.376 e. The largest absolute Gasteiger partial charge is 0.416 e. The molecule has 2 N–H and O–H groups in total. The summed E-state index contributed by atoms with van der Waals surface area (Å²) >= 11 is 0. The number of hydrogen-bond donors (Lipinski definition) is 2. The van der Waals surface area contributed by atoms with Crippen LogP contribution in [0.3, 0.4) is 0 Å². The molecule has 0 aromatic heterocycles. The highest BCUT2D eigenvalue weighted by molar-refractivity contribution is 7.92. The molecule has 0 aliphatic carbocycles. The molecule has 0 unspecified atom stereocenters. The Morgan fingerprint density at radius 3 is 2.74 bits per heavy atom. The Morgan fingerprint density at radius 1 is 1.16 bits per heavy atom. The summed E-state index contributed by atoms with van der Waals surface area (Å²) in [5.41, 5.74) is 2.32. The van der Waals surface area contributed by atoms with E-state index in [9.17, 15) is 26.4 Å². The lowest BCUT2D eigenvalue weighted by Gasteiger charge is -2.21. The third kappa shape index (κ3) is 4.75. The second-order valence-corrected chi connectivity index (χ2v) is 9.18. The topological polar surface area (TPSA) is 84.5 Å². The van der Waals surface area contributed by atoms with Gasteiger partial charge in [0.15, 0.2) is 0 Å². The van der Waals surface area contributed by atoms with E-state index in [1.54, 1.807) is 18.2 Å². The summed E-state index contributed by atoms with van der Waals surface area (Å²) in [6.07, 6.45) is -2.48. The first kappa shape index (κ1) is 21.4. The van der Waals surface area contributed by atoms with Crippen molar-refractivity contribution in [3.05, 3.63) is 64.7 Å². The van der Waals surface area contributed by atoms with E-state index in [1.165, 1.54) is 12.1 Å². The van der Waals surface area contributed by atoms with Crippen molar-refractivity contribution in [1.29, 1.82) is 0 Å². The summed E-state index contributed by atoms with van der Waals surface area (Å²) in [5.74, 6) is -0.537. The first-order chi connectivity index (χ1) is 14.6. The predicted molar refractivity (Wildman–Crippen MR) is 110 cm³/mol. The van der Waals surface area contributed by atoms with Gasteiger partial charge in [-0.1, -0.05) is 12.1 Å². The molecule has 31 heavy (non-hydrogen) atoms. The number of anilines is 2. The van der Waals surface area contributed by atoms with E-state index in [1.807, 2.05) is 0 Å². The number of sulfonamides is 1. The van der Waals surface area contributed by atoms with Crippen molar-refractivity contribution in [2.75, 3.05) is 22.4 Å². The van der Waals surface area contributed by atoms with Gasteiger partial charge >= 0.3 is 6.18 Å². The number of alkyl halides is 3. The second kappa shape index (κ2) is 8.01. The molecule has 0 atom stereocenters. The number of rotatable bonds is 2. The van der Waals surface area contributed by atoms with Gasteiger partial charge in [0.2, 0.25) is 15.9 Å². The minimum absolute atomic E-state index is 0.0323. The van der Waals surface area contributed by atoms with Crippen molar-refractivity contribution in [2.45, 2.75) is 25.6 Å². The molecule has 164 valence electrons. The summed E-state index contributed by atoms with van der Waals surface area (Å²) in [6.45, 7) is 0.308. The van der Waals surface area contributed by atoms with E-state index >= 15 is 0 Å². The molecular formula is C21H19F3N2O4S. The second-order valence-electron chi connectivity index (χ2n) is 7.33. The fourth-order valence-electron chi connectivity index (χ4n) is 3.70. The zero-order valence-corrected chi connectivity index (χ0v) is 17.1. The summed E-state index contributed by atoms with van der Waals surface area (Å²) < 4.78 is 70.5. The Hall–Kier alpha value is -2.85. The molecule has 4 rings (SSSR count). The number of hydrogen-bond acceptors (Lipinski definition) is 4. The van der Waals surface area contributed by atoms with Crippen LogP contribution in [0.2, 0.25) is 0 Å². The average molecular weight is 452 g/mol. The fourth-order valence-corrected chi connectivity index (χ4v) is 4.80. The molecule has 0 fully saturated rings. The van der Waals surface area contributed by atoms with Gasteiger partial charge in [-0.15, -0.1) is 0 Å². The minimum atomic E-state index is -4.46. The number of nitrogens with one attached hydrogen (secondary N) is 2. The Labute approximate surface area is 177 Å². The lowest BCUT2D eigenvalue weighted by molar-refractivity contribution is -0.137. The zero-order chi connectivity index (χ0) is 22.2. The van der Waals surface area contributed by atoms with E-state index in [4.69, 9.17) is 4.74 Å². The van der Waals surface area contributed by atoms with Gasteiger partial charge < -0.3 is 10.1 Å². The van der Waals surface area contributed by atoms with Gasteiger partial charge in [0, 0.05) is 17.3 Å². The smallest absolute Gasteiger partial charge is 0.376 e. The van der Waals surface area contributed by atoms with E-state index in [2.05, 4.69) is 10.0 Å². The number of fused-ring (bicyclic) bond motifs is 2. The first-order valence-electron chi connectivity index (χ1n) is 9.54. The SMILES string of the molecule is O=C(C=C1CCOCc2cc(C(F)(F)F)ccc21)Nc1cccc2c1CCS(=O)(=O)N2. The fraction of sp³-hybridized carbons (Fsp3) is 0.286. The van der Waals surface area contributed by atoms with Gasteiger partial charge in [0.25, 0.3) is 0 Å². The lowest BCUT2D eigenvalue weighted by atomic mass is 9.96. The van der Waals surface area contributed by atoms with Gasteiger partial charge in [0.05, 0.1) is 30.2 Å². The van der Waals surface area contributed by atoms with Crippen LogP contribution >= 0.6 is 0 Å². The number of halogens is 3. The molecule has 10 heteroatoms. The highest BCUT2D eigenvalue weighted by atomic mass is 32.2. The Morgan fingerprint density at radius 2 is 1.97 bits per heavy atom. The van der Waals surface area contributed by atoms with E-state index < -0.39 is 27.7 Å². The summed E-state index contributed by atoms with van der Waals surface area (Å²) in [4.78, 5) is 12.7. The zero-order valence-electron chi connectivity index (χ0n) is 16.3. The number of benzene rings is 2. The third-order valence-electron chi connectivity index (χ3n) is 5.18. The van der Waals surface area contributed by atoms with Gasteiger partial charge in [0.1, 0.15) is 0 Å². The van der Waals surface area contributed by atoms with Crippen LogP contribution < -0.4 is 10.0 Å². The monoisotopic (exact) mass is 452 g/mol. The van der Waals surface area contributed by atoms with Gasteiger partial charge in [-0.3, -0.25) is 9.52 Å². The van der Waals surface area contributed by atoms with Crippen molar-refractivity contribution in [2.24, 2.45) is 0 Å². The Bertz CT molecular complexity index is 1170. The van der Waals surface area contributed by atoms with Gasteiger partial charge in [-0.05, 0) is 53.8 Å². The first-order valence-corrected chi connectivity index (χ1v) is 11.2. The number of amides is 1. The molecule has 0 saturated heterocycles. The molecule has 0 radical (unpaired) electrons. The summed E-state index contributed by atoms with van der Waals surface area (Å²) in [5, 5.41) is 2.76. The van der Waals surface area contributed by atoms with Crippen LogP contribution in [-0.2, 0) is 38.8 Å². The average Bonchev–Trinajstić information content (AvgIpc) is 2.88. The molecular weight excluding hydrogens is 433 g/mol. The van der Waals surface area contributed by atoms with Crippen LogP contribution in [-0.4, -0.2) is 26.7 Å². The van der Waals surface area contributed by atoms with E-state index in [0.29, 0.717) is 40.1 Å². The highest BCUT2D eigenvalue weighted by Crippen LogP contribution is 2.35. The molecule has 0 spiro atoms. The standard InChI is InChI=1S/C21H19F3N2O4S/c22-21(23,24)15-4-5-16-13(6-8-30-12-14(16)10-15)11-20(27)25-18-2-1-3-19-17(18)7-9-31(28,29)26-19/h1-5,10-11,26H,6-9,12H2,(H,25,27). The molecule has 2 aliphatic heterocycles. The van der Waals surface area contributed by atoms with Gasteiger partial charge in [-0.2, -0.15) is 13.2 Å². The number of ether oxygens (including phenoxy) is 1. The maximum Gasteiger partial charge on any atom is 0.416 e. The van der Waals surface area contributed by atoms with Crippen LogP contribution in [0.5, 0.6) is 0 Å². The Balaban J connectivity index is 1.61. The van der Waals surface area contributed by atoms with Gasteiger partial charge in [-0.25, -0.2) is 8.42 Å². The van der Waals surface area contributed by atoms with Crippen LogP contribution in [0.25, 0.3) is 5.57 Å². The molecule has 6 nitrogen and oxygen atoms in total. The lowest BCUT2D eigenvalue weighted by Crippen LogP contribution is -2.25. The van der Waals surface area contributed by atoms with E-state index in [-0.39, 0.29) is 25.4 Å². The quantitative estimate of drug-likeness (QED) is 0.676. The Kier molecular flexibility index (Phi) is 5.52. The molecule has 2 aromatic carbocycles. The molecule has 1 amide bonds. The van der Waals surface area contributed by atoms with Crippen molar-refractivity contribution in [3.8, 4) is 0 Å². The van der Waals surface area contributed by atoms with Crippen LogP contribution in [0.4, 0.5) is 24.5 Å². The van der Waals surface area contributed by atoms with Crippen LogP contribution in [0.1, 0.15) is 28.7 Å².